The number of carbonyl (C=O) groups excluding carboxylic acids is 3. The van der Waals surface area contributed by atoms with E-state index in [9.17, 15) is 14.4 Å². The first-order chi connectivity index (χ1) is 22.9. The summed E-state index contributed by atoms with van der Waals surface area (Å²) in [4.78, 5) is 40.0. The van der Waals surface area contributed by atoms with Crippen LogP contribution in [0, 0.1) is 5.92 Å². The highest BCUT2D eigenvalue weighted by Gasteiger charge is 2.27. The Labute approximate surface area is 289 Å². The Morgan fingerprint density at radius 2 is 1.73 bits per heavy atom. The highest BCUT2D eigenvalue weighted by molar-refractivity contribution is 6.30. The minimum atomic E-state index is -0.642. The summed E-state index contributed by atoms with van der Waals surface area (Å²) < 4.78 is 27.7. The van der Waals surface area contributed by atoms with Crippen LogP contribution in [0.2, 0.25) is 5.02 Å². The summed E-state index contributed by atoms with van der Waals surface area (Å²) in [6, 6.07) is 12.3. The van der Waals surface area contributed by atoms with E-state index in [4.69, 9.17) is 30.5 Å². The van der Waals surface area contributed by atoms with Crippen molar-refractivity contribution >= 4 is 29.7 Å². The van der Waals surface area contributed by atoms with Gasteiger partial charge in [0.2, 0.25) is 0 Å². The smallest absolute Gasteiger partial charge is 0.410 e. The fourth-order valence-corrected chi connectivity index (χ4v) is 5.90. The number of amides is 3. The molecule has 0 spiro atoms. The lowest BCUT2D eigenvalue weighted by Gasteiger charge is -2.31. The number of carbonyl (C=O) groups is 3. The molecule has 2 atom stereocenters. The summed E-state index contributed by atoms with van der Waals surface area (Å²) in [6.45, 7) is 6.78. The number of nitrogens with zero attached hydrogens (tertiary/aromatic N) is 1. The van der Waals surface area contributed by atoms with Crippen molar-refractivity contribution in [3.8, 4) is 5.75 Å². The second-order valence-corrected chi connectivity index (χ2v) is 13.6. The summed E-state index contributed by atoms with van der Waals surface area (Å²) in [6.07, 6.45) is 4.84. The van der Waals surface area contributed by atoms with E-state index in [-0.39, 0.29) is 31.7 Å². The van der Waals surface area contributed by atoms with Crippen molar-refractivity contribution in [3.63, 3.8) is 0 Å². The lowest BCUT2D eigenvalue weighted by Crippen LogP contribution is -2.46. The van der Waals surface area contributed by atoms with Crippen molar-refractivity contribution in [3.05, 3.63) is 64.2 Å². The van der Waals surface area contributed by atoms with E-state index >= 15 is 0 Å². The van der Waals surface area contributed by atoms with Crippen LogP contribution in [0.5, 0.6) is 5.75 Å². The zero-order chi connectivity index (χ0) is 35.1. The lowest BCUT2D eigenvalue weighted by atomic mass is 9.84. The van der Waals surface area contributed by atoms with Crippen LogP contribution in [0.15, 0.2) is 42.5 Å². The van der Waals surface area contributed by atoms with Crippen LogP contribution >= 0.6 is 11.6 Å². The first-order valence-corrected chi connectivity index (χ1v) is 17.0. The van der Waals surface area contributed by atoms with Crippen LogP contribution in [0.4, 0.5) is 9.59 Å². The SMILES string of the molecule is COCCOc1cc(C(=O)NC(CC2CCCCC2)CN(C)C(=O)OC(C)(C)C)cc(C(OCCNC(=O)OC)c2cccc(Cl)c2)c1. The summed E-state index contributed by atoms with van der Waals surface area (Å²) >= 11 is 6.36. The molecule has 48 heavy (non-hydrogen) atoms. The van der Waals surface area contributed by atoms with Crippen molar-refractivity contribution in [1.29, 1.82) is 0 Å². The maximum Gasteiger partial charge on any atom is 0.410 e. The van der Waals surface area contributed by atoms with E-state index < -0.39 is 23.9 Å². The molecule has 0 aromatic heterocycles. The minimum absolute atomic E-state index is 0.156. The monoisotopic (exact) mass is 689 g/mol. The number of rotatable bonds is 16. The fourth-order valence-electron chi connectivity index (χ4n) is 5.71. The van der Waals surface area contributed by atoms with E-state index in [1.165, 1.54) is 18.4 Å². The van der Waals surface area contributed by atoms with E-state index in [1.54, 1.807) is 38.4 Å². The van der Waals surface area contributed by atoms with Gasteiger partial charge in [0, 0.05) is 43.9 Å². The maximum absolute atomic E-state index is 14.0. The average Bonchev–Trinajstić information content (AvgIpc) is 3.04. The molecule has 2 N–H and O–H groups in total. The molecule has 0 radical (unpaired) electrons. The van der Waals surface area contributed by atoms with Gasteiger partial charge in [-0.05, 0) is 74.6 Å². The molecule has 2 aromatic carbocycles. The van der Waals surface area contributed by atoms with Gasteiger partial charge < -0.3 is 39.2 Å². The molecule has 1 fully saturated rings. The molecule has 1 saturated carbocycles. The topological polar surface area (TPSA) is 125 Å². The second-order valence-electron chi connectivity index (χ2n) is 13.1. The number of benzene rings is 2. The third-order valence-electron chi connectivity index (χ3n) is 7.92. The standard InChI is InChI=1S/C36H52ClN3O8/c1-36(2,3)48-35(43)40(4)24-30(19-25-11-8-7-9-12-25)39-33(41)28-20-27(22-31(23-28)46-18-17-44-5)32(26-13-10-14-29(37)21-26)47-16-15-38-34(42)45-6/h10,13-14,20-23,25,30,32H,7-9,11-12,15-19,24H2,1-6H3,(H,38,42)(H,39,41). The zero-order valence-electron chi connectivity index (χ0n) is 29.1. The predicted molar refractivity (Wildman–Crippen MR) is 185 cm³/mol. The number of halogens is 1. The Balaban J connectivity index is 1.93. The normalized spacial score (nSPS) is 14.8. The molecular formula is C36H52ClN3O8. The molecule has 1 aliphatic rings. The second kappa shape index (κ2) is 19.5. The molecule has 0 aliphatic heterocycles. The summed E-state index contributed by atoms with van der Waals surface area (Å²) in [7, 11) is 4.57. The van der Waals surface area contributed by atoms with Gasteiger partial charge in [0.15, 0.2) is 0 Å². The van der Waals surface area contributed by atoms with Crippen molar-refractivity contribution in [2.75, 3.05) is 54.2 Å². The Bertz CT molecular complexity index is 1330. The Hall–Kier alpha value is -3.54. The van der Waals surface area contributed by atoms with Crippen molar-refractivity contribution < 1.29 is 38.1 Å². The van der Waals surface area contributed by atoms with E-state index in [0.717, 1.165) is 37.7 Å². The number of hydrogen-bond acceptors (Lipinski definition) is 8. The van der Waals surface area contributed by atoms with Gasteiger partial charge in [0.25, 0.3) is 5.91 Å². The third-order valence-corrected chi connectivity index (χ3v) is 8.16. The number of methoxy groups -OCH3 is 2. The minimum Gasteiger partial charge on any atom is -0.491 e. The number of likely N-dealkylation sites (N-methyl/N-ethyl adjacent to an activating group) is 1. The average molecular weight is 690 g/mol. The van der Waals surface area contributed by atoms with Crippen molar-refractivity contribution in [2.24, 2.45) is 5.92 Å². The van der Waals surface area contributed by atoms with E-state index in [0.29, 0.717) is 41.0 Å². The van der Waals surface area contributed by atoms with E-state index in [1.807, 2.05) is 39.0 Å². The van der Waals surface area contributed by atoms with E-state index in [2.05, 4.69) is 15.4 Å². The van der Waals surface area contributed by atoms with Crippen LogP contribution in [-0.2, 0) is 18.9 Å². The molecule has 1 aliphatic carbocycles. The Morgan fingerprint density at radius 1 is 0.979 bits per heavy atom. The summed E-state index contributed by atoms with van der Waals surface area (Å²) in [5.74, 6) is 0.617. The van der Waals surface area contributed by atoms with Gasteiger partial charge in [0.1, 0.15) is 24.1 Å². The molecular weight excluding hydrogens is 638 g/mol. The van der Waals surface area contributed by atoms with Gasteiger partial charge in [0.05, 0.1) is 20.3 Å². The molecule has 266 valence electrons. The highest BCUT2D eigenvalue weighted by Crippen LogP contribution is 2.32. The number of ether oxygens (including phenoxy) is 5. The molecule has 0 heterocycles. The first kappa shape index (κ1) is 38.9. The molecule has 3 amide bonds. The third kappa shape index (κ3) is 13.5. The fraction of sp³-hybridized carbons (Fsp3) is 0.583. The molecule has 2 aromatic rings. The largest absolute Gasteiger partial charge is 0.491 e. The van der Waals surface area contributed by atoms with Crippen LogP contribution in [-0.4, -0.2) is 88.8 Å². The quantitative estimate of drug-likeness (QED) is 0.185. The van der Waals surface area contributed by atoms with Crippen LogP contribution < -0.4 is 15.4 Å². The van der Waals surface area contributed by atoms with Crippen LogP contribution in [0.1, 0.15) is 86.9 Å². The number of hydrogen-bond donors (Lipinski definition) is 2. The molecule has 11 nitrogen and oxygen atoms in total. The summed E-state index contributed by atoms with van der Waals surface area (Å²) in [5.41, 5.74) is 1.15. The number of nitrogens with one attached hydrogen (secondary N) is 2. The van der Waals surface area contributed by atoms with Gasteiger partial charge in [-0.25, -0.2) is 9.59 Å². The maximum atomic E-state index is 14.0. The molecule has 0 bridgehead atoms. The Kier molecular flexibility index (Phi) is 15.8. The van der Waals surface area contributed by atoms with Crippen LogP contribution in [0.3, 0.4) is 0 Å². The molecule has 0 saturated heterocycles. The Morgan fingerprint density at radius 3 is 2.40 bits per heavy atom. The predicted octanol–water partition coefficient (Wildman–Crippen LogP) is 6.76. The summed E-state index contributed by atoms with van der Waals surface area (Å²) in [5, 5.41) is 6.36. The van der Waals surface area contributed by atoms with Crippen LogP contribution in [0.25, 0.3) is 0 Å². The van der Waals surface area contributed by atoms with Crippen molar-refractivity contribution in [2.45, 2.75) is 77.0 Å². The number of alkyl carbamates (subject to hydrolysis) is 1. The van der Waals surface area contributed by atoms with Gasteiger partial charge >= 0.3 is 12.2 Å². The lowest BCUT2D eigenvalue weighted by molar-refractivity contribution is 0.0274. The van der Waals surface area contributed by atoms with Gasteiger partial charge in [-0.15, -0.1) is 0 Å². The molecule has 2 unspecified atom stereocenters. The first-order valence-electron chi connectivity index (χ1n) is 16.6. The van der Waals surface area contributed by atoms with Gasteiger partial charge in [-0.3, -0.25) is 4.79 Å². The highest BCUT2D eigenvalue weighted by atomic mass is 35.5. The zero-order valence-corrected chi connectivity index (χ0v) is 29.9. The molecule has 12 heteroatoms. The van der Waals surface area contributed by atoms with Crippen molar-refractivity contribution in [1.82, 2.24) is 15.5 Å². The van der Waals surface area contributed by atoms with Gasteiger partial charge in [-0.1, -0.05) is 55.8 Å². The molecule has 3 rings (SSSR count). The van der Waals surface area contributed by atoms with Gasteiger partial charge in [-0.2, -0.15) is 0 Å².